The molecule has 0 radical (unpaired) electrons. The summed E-state index contributed by atoms with van der Waals surface area (Å²) in [4.78, 5) is 0. The summed E-state index contributed by atoms with van der Waals surface area (Å²) >= 11 is 8.50. The second-order valence-corrected chi connectivity index (χ2v) is 7.29. The summed E-state index contributed by atoms with van der Waals surface area (Å²) in [5.74, 6) is 0. The van der Waals surface area contributed by atoms with Gasteiger partial charge in [-0.3, -0.25) is 0 Å². The standard InChI is InChI=1S/C20H13ClS/c21-16-11-13-10-9-12-5-1-2-6-14(12)18(13)20-19(16)15-7-3-4-8-17(15)22-20/h1,3-5,7-11H,2,6H2. The van der Waals surface area contributed by atoms with Gasteiger partial charge >= 0.3 is 0 Å². The largest absolute Gasteiger partial charge is 0.134 e. The highest BCUT2D eigenvalue weighted by Crippen LogP contribution is 2.44. The third kappa shape index (κ3) is 1.64. The van der Waals surface area contributed by atoms with E-state index in [2.05, 4.69) is 54.6 Å². The molecule has 2 heteroatoms. The molecule has 106 valence electrons. The number of thiophene rings is 1. The van der Waals surface area contributed by atoms with Crippen molar-refractivity contribution in [2.75, 3.05) is 0 Å². The van der Waals surface area contributed by atoms with E-state index in [1.165, 1.54) is 42.1 Å². The highest BCUT2D eigenvalue weighted by atomic mass is 35.5. The maximum Gasteiger partial charge on any atom is 0.0505 e. The Bertz CT molecular complexity index is 1090. The fourth-order valence-electron chi connectivity index (χ4n) is 3.60. The van der Waals surface area contributed by atoms with Crippen molar-refractivity contribution in [3.63, 3.8) is 0 Å². The molecule has 0 nitrogen and oxygen atoms in total. The smallest absolute Gasteiger partial charge is 0.0505 e. The predicted molar refractivity (Wildman–Crippen MR) is 99.2 cm³/mol. The summed E-state index contributed by atoms with van der Waals surface area (Å²) < 4.78 is 2.66. The van der Waals surface area contributed by atoms with Crippen LogP contribution >= 0.6 is 22.9 Å². The second kappa shape index (κ2) is 4.58. The van der Waals surface area contributed by atoms with E-state index < -0.39 is 0 Å². The summed E-state index contributed by atoms with van der Waals surface area (Å²) in [6.45, 7) is 0. The van der Waals surface area contributed by atoms with Gasteiger partial charge in [-0.1, -0.05) is 54.1 Å². The molecule has 0 aliphatic heterocycles. The Morgan fingerprint density at radius 1 is 1.00 bits per heavy atom. The number of rotatable bonds is 0. The molecule has 22 heavy (non-hydrogen) atoms. The number of halogens is 1. The third-order valence-corrected chi connectivity index (χ3v) is 6.07. The molecule has 3 aromatic carbocycles. The summed E-state index contributed by atoms with van der Waals surface area (Å²) in [5, 5.41) is 6.03. The quantitative estimate of drug-likeness (QED) is 0.333. The average molecular weight is 321 g/mol. The molecule has 1 heterocycles. The van der Waals surface area contributed by atoms with E-state index in [1.807, 2.05) is 11.3 Å². The number of allylic oxidation sites excluding steroid dienone is 1. The Labute approximate surface area is 137 Å². The third-order valence-electron chi connectivity index (χ3n) is 4.58. The summed E-state index contributed by atoms with van der Waals surface area (Å²) in [7, 11) is 0. The van der Waals surface area contributed by atoms with Crippen LogP contribution in [-0.4, -0.2) is 0 Å². The molecule has 0 unspecified atom stereocenters. The average Bonchev–Trinajstić information content (AvgIpc) is 2.94. The van der Waals surface area contributed by atoms with Crippen LogP contribution in [0.25, 0.3) is 37.0 Å². The Morgan fingerprint density at radius 3 is 2.86 bits per heavy atom. The van der Waals surface area contributed by atoms with Gasteiger partial charge in [0.05, 0.1) is 5.02 Å². The van der Waals surface area contributed by atoms with Gasteiger partial charge in [-0.15, -0.1) is 11.3 Å². The van der Waals surface area contributed by atoms with Crippen molar-refractivity contribution in [3.05, 3.63) is 64.7 Å². The van der Waals surface area contributed by atoms with Crippen LogP contribution in [0.15, 0.2) is 48.5 Å². The van der Waals surface area contributed by atoms with E-state index in [0.29, 0.717) is 0 Å². The Morgan fingerprint density at radius 2 is 1.91 bits per heavy atom. The minimum atomic E-state index is 0.867. The van der Waals surface area contributed by atoms with Gasteiger partial charge in [0, 0.05) is 25.6 Å². The van der Waals surface area contributed by atoms with Gasteiger partial charge in [-0.2, -0.15) is 0 Å². The molecule has 0 saturated carbocycles. The first-order valence-corrected chi connectivity index (χ1v) is 8.74. The van der Waals surface area contributed by atoms with Gasteiger partial charge in [-0.05, 0) is 41.5 Å². The van der Waals surface area contributed by atoms with Crippen molar-refractivity contribution in [2.24, 2.45) is 0 Å². The van der Waals surface area contributed by atoms with E-state index >= 15 is 0 Å². The highest BCUT2D eigenvalue weighted by molar-refractivity contribution is 7.26. The molecule has 0 fully saturated rings. The Kier molecular flexibility index (Phi) is 2.64. The molecule has 0 spiro atoms. The van der Waals surface area contributed by atoms with E-state index in [-0.39, 0.29) is 0 Å². The SMILES string of the molecule is Clc1cc2ccc3c(c2c2sc4ccccc4c12)CCC=C3. The van der Waals surface area contributed by atoms with Crippen molar-refractivity contribution in [1.82, 2.24) is 0 Å². The monoisotopic (exact) mass is 320 g/mol. The minimum absolute atomic E-state index is 0.867. The maximum absolute atomic E-state index is 6.63. The Hall–Kier alpha value is -1.83. The van der Waals surface area contributed by atoms with Crippen molar-refractivity contribution >= 4 is 60.0 Å². The maximum atomic E-state index is 6.63. The normalized spacial score (nSPS) is 14.0. The zero-order valence-electron chi connectivity index (χ0n) is 11.9. The molecular weight excluding hydrogens is 308 g/mol. The molecule has 0 atom stereocenters. The molecular formula is C20H13ClS. The number of aryl methyl sites for hydroxylation is 1. The first kappa shape index (κ1) is 12.7. The van der Waals surface area contributed by atoms with Gasteiger partial charge in [0.25, 0.3) is 0 Å². The summed E-state index contributed by atoms with van der Waals surface area (Å²) in [5.41, 5.74) is 2.84. The first-order valence-electron chi connectivity index (χ1n) is 7.55. The second-order valence-electron chi connectivity index (χ2n) is 5.83. The zero-order chi connectivity index (χ0) is 14.7. The zero-order valence-corrected chi connectivity index (χ0v) is 13.5. The van der Waals surface area contributed by atoms with Crippen LogP contribution in [0.3, 0.4) is 0 Å². The first-order chi connectivity index (χ1) is 10.8. The topological polar surface area (TPSA) is 0 Å². The van der Waals surface area contributed by atoms with Crippen molar-refractivity contribution in [3.8, 4) is 0 Å². The van der Waals surface area contributed by atoms with Crippen LogP contribution in [0.4, 0.5) is 0 Å². The van der Waals surface area contributed by atoms with Crippen LogP contribution in [0.5, 0.6) is 0 Å². The van der Waals surface area contributed by atoms with Gasteiger partial charge in [0.1, 0.15) is 0 Å². The van der Waals surface area contributed by atoms with Gasteiger partial charge in [0.15, 0.2) is 0 Å². The number of benzene rings is 3. The molecule has 1 aliphatic rings. The molecule has 5 rings (SSSR count). The lowest BCUT2D eigenvalue weighted by molar-refractivity contribution is 0.998. The molecule has 0 saturated heterocycles. The van der Waals surface area contributed by atoms with E-state index in [0.717, 1.165) is 17.9 Å². The lowest BCUT2D eigenvalue weighted by Gasteiger charge is -2.15. The van der Waals surface area contributed by atoms with Crippen molar-refractivity contribution < 1.29 is 0 Å². The van der Waals surface area contributed by atoms with E-state index in [9.17, 15) is 0 Å². The van der Waals surface area contributed by atoms with Crippen molar-refractivity contribution in [2.45, 2.75) is 12.8 Å². The van der Waals surface area contributed by atoms with Gasteiger partial charge in [-0.25, -0.2) is 0 Å². The van der Waals surface area contributed by atoms with Crippen molar-refractivity contribution in [1.29, 1.82) is 0 Å². The Balaban J connectivity index is 2.08. The summed E-state index contributed by atoms with van der Waals surface area (Å²) in [6.07, 6.45) is 6.77. The fraction of sp³-hybridized carbons (Fsp3) is 0.100. The molecule has 4 aromatic rings. The van der Waals surface area contributed by atoms with Crippen LogP contribution in [0.2, 0.25) is 5.02 Å². The van der Waals surface area contributed by atoms with E-state index in [1.54, 1.807) is 0 Å². The lowest BCUT2D eigenvalue weighted by atomic mass is 9.91. The van der Waals surface area contributed by atoms with E-state index in [4.69, 9.17) is 11.6 Å². The molecule has 0 N–H and O–H groups in total. The molecule has 0 amide bonds. The fourth-order valence-corrected chi connectivity index (χ4v) is 5.28. The number of hydrogen-bond acceptors (Lipinski definition) is 1. The molecule has 1 aliphatic carbocycles. The lowest BCUT2D eigenvalue weighted by Crippen LogP contribution is -1.95. The minimum Gasteiger partial charge on any atom is -0.134 e. The molecule has 1 aromatic heterocycles. The number of hydrogen-bond donors (Lipinski definition) is 0. The van der Waals surface area contributed by atoms with Crippen LogP contribution in [0, 0.1) is 0 Å². The number of fused-ring (bicyclic) bond motifs is 7. The van der Waals surface area contributed by atoms with Crippen LogP contribution in [-0.2, 0) is 6.42 Å². The molecule has 0 bridgehead atoms. The van der Waals surface area contributed by atoms with Gasteiger partial charge in [0.2, 0.25) is 0 Å². The highest BCUT2D eigenvalue weighted by Gasteiger charge is 2.16. The van der Waals surface area contributed by atoms with Crippen LogP contribution < -0.4 is 0 Å². The van der Waals surface area contributed by atoms with Gasteiger partial charge < -0.3 is 0 Å². The van der Waals surface area contributed by atoms with Crippen LogP contribution in [0.1, 0.15) is 17.5 Å². The summed E-state index contributed by atoms with van der Waals surface area (Å²) in [6, 6.07) is 15.1. The predicted octanol–water partition coefficient (Wildman–Crippen LogP) is 6.82.